The van der Waals surface area contributed by atoms with Crippen LogP contribution in [0.2, 0.25) is 0 Å². The van der Waals surface area contributed by atoms with Crippen molar-refractivity contribution in [2.45, 2.75) is 0 Å². The van der Waals surface area contributed by atoms with Crippen molar-refractivity contribution >= 4 is 94.4 Å². The van der Waals surface area contributed by atoms with Gasteiger partial charge in [-0.25, -0.2) is 0 Å². The summed E-state index contributed by atoms with van der Waals surface area (Å²) < 4.78 is 11.2. The van der Waals surface area contributed by atoms with E-state index in [1.807, 2.05) is 12.1 Å². The zero-order chi connectivity index (χ0) is 42.2. The van der Waals surface area contributed by atoms with E-state index in [1.165, 1.54) is 64.4 Å². The quantitative estimate of drug-likeness (QED) is 0.116. The molecule has 64 heavy (non-hydrogen) atoms. The Balaban J connectivity index is 1.05. The van der Waals surface area contributed by atoms with Crippen LogP contribution in [0.5, 0.6) is 0 Å². The van der Waals surface area contributed by atoms with E-state index in [0.717, 1.165) is 44.4 Å². The summed E-state index contributed by atoms with van der Waals surface area (Å²) in [6.07, 6.45) is 0. The predicted molar refractivity (Wildman–Crippen MR) is 271 cm³/mol. The molecule has 0 aliphatic heterocycles. The van der Waals surface area contributed by atoms with Crippen LogP contribution in [0, 0.1) is 0 Å². The number of furan rings is 1. The second-order valence-corrected chi connectivity index (χ2v) is 20.6. The summed E-state index contributed by atoms with van der Waals surface area (Å²) in [7, 11) is -2.71. The molecule has 13 aromatic rings. The van der Waals surface area contributed by atoms with Crippen molar-refractivity contribution in [2.75, 3.05) is 0 Å². The van der Waals surface area contributed by atoms with Crippen molar-refractivity contribution in [3.63, 3.8) is 0 Å². The minimum absolute atomic E-state index is 0.904. The first kappa shape index (κ1) is 36.5. The van der Waals surface area contributed by atoms with Gasteiger partial charge in [-0.2, -0.15) is 0 Å². The Bertz CT molecular complexity index is 3790. The summed E-state index contributed by atoms with van der Waals surface area (Å²) in [5.41, 5.74) is 11.1. The lowest BCUT2D eigenvalue weighted by molar-refractivity contribution is 0.669. The summed E-state index contributed by atoms with van der Waals surface area (Å²) in [6.45, 7) is 0. The molecule has 0 aliphatic carbocycles. The topological polar surface area (TPSA) is 23.0 Å². The Morgan fingerprint density at radius 1 is 0.297 bits per heavy atom. The maximum absolute atomic E-state index is 6.22. The molecule has 3 aromatic heterocycles. The average Bonchev–Trinajstić information content (AvgIpc) is 4.03. The van der Waals surface area contributed by atoms with Gasteiger partial charge in [0.15, 0.2) is 8.07 Å². The minimum Gasteiger partial charge on any atom is -0.456 e. The number of para-hydroxylation sites is 4. The largest absolute Gasteiger partial charge is 0.456 e. The van der Waals surface area contributed by atoms with Crippen molar-refractivity contribution in [1.82, 2.24) is 9.13 Å². The second kappa shape index (κ2) is 14.5. The number of benzene rings is 10. The van der Waals surface area contributed by atoms with Crippen molar-refractivity contribution in [3.05, 3.63) is 243 Å². The lowest BCUT2D eigenvalue weighted by Crippen LogP contribution is -2.74. The van der Waals surface area contributed by atoms with Gasteiger partial charge in [-0.05, 0) is 86.5 Å². The van der Waals surface area contributed by atoms with E-state index >= 15 is 0 Å². The highest BCUT2D eigenvalue weighted by Crippen LogP contribution is 2.41. The number of aromatic nitrogens is 2. The molecule has 0 N–H and O–H groups in total. The molecule has 10 aromatic carbocycles. The van der Waals surface area contributed by atoms with Gasteiger partial charge in [-0.1, -0.05) is 188 Å². The molecule has 0 aliphatic rings. The van der Waals surface area contributed by atoms with E-state index in [0.29, 0.717) is 0 Å². The normalized spacial score (nSPS) is 12.1. The first-order valence-electron chi connectivity index (χ1n) is 22.0. The monoisotopic (exact) mass is 832 g/mol. The number of fused-ring (bicyclic) bond motifs is 9. The Hall–Kier alpha value is -8.18. The van der Waals surface area contributed by atoms with Crippen LogP contribution in [0.4, 0.5) is 0 Å². The molecule has 0 atom stereocenters. The van der Waals surface area contributed by atoms with Crippen LogP contribution in [-0.2, 0) is 0 Å². The van der Waals surface area contributed by atoms with Gasteiger partial charge in [-0.3, -0.25) is 0 Å². The Morgan fingerprint density at radius 3 is 1.45 bits per heavy atom. The molecular weight excluding hydrogens is 793 g/mol. The molecule has 0 saturated heterocycles. The molecule has 0 unspecified atom stereocenters. The fourth-order valence-corrected chi connectivity index (χ4v) is 15.4. The SMILES string of the molecule is c1ccc([Si](c2ccccc2)(c2ccccc2)c2ccc(-n3c4ccccc4c4cccc(-n5c6ccccc6c6ccc(-c7ccc8oc9ccccc9c8c7)cc65)c43)cc2)cc1. The highest BCUT2D eigenvalue weighted by molar-refractivity contribution is 7.19. The molecule has 3 nitrogen and oxygen atoms in total. The van der Waals surface area contributed by atoms with Gasteiger partial charge in [-0.15, -0.1) is 0 Å². The molecule has 0 spiro atoms. The Morgan fingerprint density at radius 2 is 0.781 bits per heavy atom. The van der Waals surface area contributed by atoms with Crippen LogP contribution in [-0.4, -0.2) is 17.2 Å². The van der Waals surface area contributed by atoms with E-state index in [-0.39, 0.29) is 0 Å². The third-order valence-corrected chi connectivity index (χ3v) is 18.3. The summed E-state index contributed by atoms with van der Waals surface area (Å²) in [6, 6.07) is 89.3. The van der Waals surface area contributed by atoms with Gasteiger partial charge in [0.2, 0.25) is 0 Å². The van der Waals surface area contributed by atoms with Crippen molar-refractivity contribution < 1.29 is 4.42 Å². The first-order chi connectivity index (χ1) is 31.8. The van der Waals surface area contributed by atoms with E-state index in [9.17, 15) is 0 Å². The maximum atomic E-state index is 6.22. The molecule has 13 rings (SSSR count). The van der Waals surface area contributed by atoms with Gasteiger partial charge < -0.3 is 13.6 Å². The predicted octanol–water partition coefficient (Wildman–Crippen LogP) is 12.8. The van der Waals surface area contributed by atoms with E-state index in [2.05, 4.69) is 240 Å². The lowest BCUT2D eigenvalue weighted by Gasteiger charge is -2.34. The maximum Gasteiger partial charge on any atom is 0.179 e. The summed E-state index contributed by atoms with van der Waals surface area (Å²) >= 11 is 0. The lowest BCUT2D eigenvalue weighted by atomic mass is 10.0. The molecule has 4 heteroatoms. The number of nitrogens with zero attached hydrogens (tertiary/aromatic N) is 2. The van der Waals surface area contributed by atoms with Crippen LogP contribution in [0.1, 0.15) is 0 Å². The van der Waals surface area contributed by atoms with Crippen molar-refractivity contribution in [3.8, 4) is 22.5 Å². The molecule has 300 valence electrons. The number of rotatable bonds is 7. The van der Waals surface area contributed by atoms with Crippen LogP contribution in [0.3, 0.4) is 0 Å². The molecule has 0 saturated carbocycles. The standard InChI is InChI=1S/C60H40N2OSi/c1-4-17-44(18-5-1)64(45-19-6-2-7-20-45,46-21-8-3-9-22-46)47-35-33-43(34-36-47)61-54-27-13-11-24-49(54)52-26-16-29-56(60(52)61)62-55-28-14-10-23-48(55)50-37-31-42(40-57(50)62)41-32-38-59-53(39-41)51-25-12-15-30-58(51)63-59/h1-40H. The fraction of sp³-hybridized carbons (Fsp3) is 0. The van der Waals surface area contributed by atoms with Gasteiger partial charge in [0, 0.05) is 38.0 Å². The third-order valence-electron chi connectivity index (χ3n) is 13.5. The summed E-state index contributed by atoms with van der Waals surface area (Å²) in [5.74, 6) is 0. The minimum atomic E-state index is -2.71. The van der Waals surface area contributed by atoms with Gasteiger partial charge in [0.25, 0.3) is 0 Å². The smallest absolute Gasteiger partial charge is 0.179 e. The van der Waals surface area contributed by atoms with Crippen molar-refractivity contribution in [1.29, 1.82) is 0 Å². The first-order valence-corrected chi connectivity index (χ1v) is 24.0. The van der Waals surface area contributed by atoms with Gasteiger partial charge >= 0.3 is 0 Å². The molecule has 0 bridgehead atoms. The molecule has 0 amide bonds. The van der Waals surface area contributed by atoms with E-state index in [1.54, 1.807) is 0 Å². The zero-order valence-electron chi connectivity index (χ0n) is 34.9. The van der Waals surface area contributed by atoms with Crippen LogP contribution in [0.25, 0.3) is 88.1 Å². The number of hydrogen-bond acceptors (Lipinski definition) is 1. The van der Waals surface area contributed by atoms with Crippen molar-refractivity contribution in [2.24, 2.45) is 0 Å². The summed E-state index contributed by atoms with van der Waals surface area (Å²) in [4.78, 5) is 0. The molecule has 0 radical (unpaired) electrons. The van der Waals surface area contributed by atoms with Crippen LogP contribution >= 0.6 is 0 Å². The third kappa shape index (κ3) is 5.39. The Labute approximate surface area is 371 Å². The highest BCUT2D eigenvalue weighted by atomic mass is 28.3. The Kier molecular flexibility index (Phi) is 8.23. The van der Waals surface area contributed by atoms with E-state index < -0.39 is 8.07 Å². The molecule has 3 heterocycles. The zero-order valence-corrected chi connectivity index (χ0v) is 35.9. The van der Waals surface area contributed by atoms with E-state index in [4.69, 9.17) is 4.42 Å². The van der Waals surface area contributed by atoms with Gasteiger partial charge in [0.1, 0.15) is 11.2 Å². The van der Waals surface area contributed by atoms with Crippen LogP contribution in [0.15, 0.2) is 247 Å². The average molecular weight is 833 g/mol. The second-order valence-electron chi connectivity index (χ2n) is 16.8. The summed E-state index contributed by atoms with van der Waals surface area (Å²) in [5, 5.41) is 12.6. The van der Waals surface area contributed by atoms with Gasteiger partial charge in [0.05, 0.1) is 27.8 Å². The molecular formula is C60H40N2OSi. The number of hydrogen-bond donors (Lipinski definition) is 0. The fourth-order valence-electron chi connectivity index (χ4n) is 10.7. The van der Waals surface area contributed by atoms with Crippen LogP contribution < -0.4 is 20.7 Å². The molecule has 0 fully saturated rings. The highest BCUT2D eigenvalue weighted by Gasteiger charge is 2.41.